The summed E-state index contributed by atoms with van der Waals surface area (Å²) in [5.41, 5.74) is 0.512. The lowest BCUT2D eigenvalue weighted by Gasteiger charge is -2.28. The Morgan fingerprint density at radius 3 is 2.35 bits per heavy atom. The highest BCUT2D eigenvalue weighted by atomic mass is 35.5. The molecule has 3 rings (SSSR count). The first kappa shape index (κ1) is 28.0. The Balaban J connectivity index is 2.21. The number of aliphatic hydroxyl groups is 1. The number of carbonyl (C=O) groups is 3. The molecule has 0 aliphatic carbocycles. The Bertz CT molecular complexity index is 1220. The monoisotopic (exact) mass is 530 g/mol. The molecule has 1 unspecified atom stereocenters. The second kappa shape index (κ2) is 12.1. The maximum atomic E-state index is 13.4. The van der Waals surface area contributed by atoms with Gasteiger partial charge in [0.15, 0.2) is 0 Å². The number of aliphatic hydroxyl groups excluding tert-OH is 1. The Hall–Kier alpha value is -3.56. The number of halogens is 1. The van der Waals surface area contributed by atoms with E-state index in [1.165, 1.54) is 38.2 Å². The number of rotatable bonds is 10. The fourth-order valence-electron chi connectivity index (χ4n) is 4.35. The molecule has 37 heavy (non-hydrogen) atoms. The highest BCUT2D eigenvalue weighted by molar-refractivity contribution is 6.46. The molecule has 1 atom stereocenters. The number of hydrogen-bond acceptors (Lipinski definition) is 8. The summed E-state index contributed by atoms with van der Waals surface area (Å²) in [6.45, 7) is 7.62. The molecule has 0 spiro atoms. The van der Waals surface area contributed by atoms with Gasteiger partial charge in [-0.3, -0.25) is 14.4 Å². The van der Waals surface area contributed by atoms with Gasteiger partial charge in [-0.25, -0.2) is 0 Å². The van der Waals surface area contributed by atoms with Crippen molar-refractivity contribution in [1.82, 2.24) is 9.80 Å². The van der Waals surface area contributed by atoms with E-state index in [4.69, 9.17) is 25.8 Å². The summed E-state index contributed by atoms with van der Waals surface area (Å²) >= 11 is 6.31. The summed E-state index contributed by atoms with van der Waals surface area (Å²) in [5, 5.41) is 11.6. The first-order valence-corrected chi connectivity index (χ1v) is 12.3. The van der Waals surface area contributed by atoms with Gasteiger partial charge in [-0.2, -0.15) is 0 Å². The zero-order valence-electron chi connectivity index (χ0n) is 21.5. The Kier molecular flexibility index (Phi) is 9.18. The molecule has 0 radical (unpaired) electrons. The maximum Gasteiger partial charge on any atom is 0.308 e. The summed E-state index contributed by atoms with van der Waals surface area (Å²) in [6.07, 6.45) is 0. The molecule has 0 bridgehead atoms. The minimum Gasteiger partial charge on any atom is -0.507 e. The number of nitrogens with zero attached hydrogens (tertiary/aromatic N) is 2. The van der Waals surface area contributed by atoms with Crippen LogP contribution in [0.3, 0.4) is 0 Å². The smallest absolute Gasteiger partial charge is 0.308 e. The van der Waals surface area contributed by atoms with Crippen LogP contribution in [0.15, 0.2) is 42.0 Å². The molecule has 1 aliphatic rings. The SMILES string of the molecule is CCN(CC)CCN1C(=O)C(=O)/C(=C(/O)c2cc(Cl)c(OC)cc2OC)C1c1cccc(OC(C)=O)c1. The number of benzene rings is 2. The van der Waals surface area contributed by atoms with Gasteiger partial charge in [-0.05, 0) is 36.9 Å². The molecule has 10 heteroatoms. The van der Waals surface area contributed by atoms with Gasteiger partial charge < -0.3 is 29.1 Å². The molecule has 9 nitrogen and oxygen atoms in total. The van der Waals surface area contributed by atoms with E-state index in [1.807, 2.05) is 13.8 Å². The lowest BCUT2D eigenvalue weighted by atomic mass is 9.94. The number of esters is 1. The number of amides is 1. The van der Waals surface area contributed by atoms with Crippen LogP contribution < -0.4 is 14.2 Å². The maximum absolute atomic E-state index is 13.4. The van der Waals surface area contributed by atoms with Crippen molar-refractivity contribution in [3.05, 3.63) is 58.1 Å². The second-order valence-corrected chi connectivity index (χ2v) is 8.78. The molecule has 1 amide bonds. The van der Waals surface area contributed by atoms with Crippen LogP contribution in [0.4, 0.5) is 0 Å². The zero-order chi connectivity index (χ0) is 27.3. The minimum absolute atomic E-state index is 0.121. The van der Waals surface area contributed by atoms with Crippen molar-refractivity contribution in [3.8, 4) is 17.2 Å². The van der Waals surface area contributed by atoms with Crippen LogP contribution in [-0.2, 0) is 14.4 Å². The molecule has 198 valence electrons. The van der Waals surface area contributed by atoms with Crippen molar-refractivity contribution in [3.63, 3.8) is 0 Å². The largest absolute Gasteiger partial charge is 0.507 e. The van der Waals surface area contributed by atoms with Crippen molar-refractivity contribution in [2.24, 2.45) is 0 Å². The van der Waals surface area contributed by atoms with E-state index in [0.717, 1.165) is 13.1 Å². The summed E-state index contributed by atoms with van der Waals surface area (Å²) in [7, 11) is 2.85. The van der Waals surface area contributed by atoms with Crippen molar-refractivity contribution in [2.45, 2.75) is 26.8 Å². The Labute approximate surface area is 221 Å². The van der Waals surface area contributed by atoms with Crippen LogP contribution in [0.25, 0.3) is 5.76 Å². The van der Waals surface area contributed by atoms with Gasteiger partial charge in [0.1, 0.15) is 23.0 Å². The van der Waals surface area contributed by atoms with Gasteiger partial charge in [0, 0.05) is 26.1 Å². The van der Waals surface area contributed by atoms with E-state index < -0.39 is 29.5 Å². The lowest BCUT2D eigenvalue weighted by molar-refractivity contribution is -0.140. The van der Waals surface area contributed by atoms with Crippen molar-refractivity contribution >= 4 is 35.0 Å². The van der Waals surface area contributed by atoms with E-state index in [-0.39, 0.29) is 34.2 Å². The molecule has 1 saturated heterocycles. The molecular weight excluding hydrogens is 500 g/mol. The highest BCUT2D eigenvalue weighted by Gasteiger charge is 2.46. The fraction of sp³-hybridized carbons (Fsp3) is 0.370. The van der Waals surface area contributed by atoms with Gasteiger partial charge in [-0.1, -0.05) is 37.6 Å². The average molecular weight is 531 g/mol. The normalized spacial score (nSPS) is 16.8. The predicted molar refractivity (Wildman–Crippen MR) is 139 cm³/mol. The summed E-state index contributed by atoms with van der Waals surface area (Å²) in [5.74, 6) is -1.74. The zero-order valence-corrected chi connectivity index (χ0v) is 22.3. The first-order chi connectivity index (χ1) is 17.7. The molecule has 1 N–H and O–H groups in total. The molecule has 1 fully saturated rings. The summed E-state index contributed by atoms with van der Waals surface area (Å²) in [4.78, 5) is 41.7. The van der Waals surface area contributed by atoms with E-state index in [9.17, 15) is 19.5 Å². The number of carbonyl (C=O) groups excluding carboxylic acids is 3. The first-order valence-electron chi connectivity index (χ1n) is 11.9. The predicted octanol–water partition coefficient (Wildman–Crippen LogP) is 4.05. The standard InChI is InChI=1S/C27H31ClN2O7/c1-6-29(7-2)11-12-30-24(17-9-8-10-18(13-17)37-16(3)31)23(26(33)27(30)34)25(32)19-14-20(28)22(36-5)15-21(19)35-4/h8-10,13-15,24,32H,6-7,11-12H2,1-5H3/b25-23+. The second-order valence-electron chi connectivity index (χ2n) is 8.37. The van der Waals surface area contributed by atoms with E-state index in [0.29, 0.717) is 17.9 Å². The summed E-state index contributed by atoms with van der Waals surface area (Å²) in [6, 6.07) is 8.51. The van der Waals surface area contributed by atoms with Crippen LogP contribution in [-0.4, -0.2) is 73.0 Å². The topological polar surface area (TPSA) is 106 Å². The van der Waals surface area contributed by atoms with E-state index in [2.05, 4.69) is 4.90 Å². The highest BCUT2D eigenvalue weighted by Crippen LogP contribution is 2.43. The van der Waals surface area contributed by atoms with E-state index in [1.54, 1.807) is 24.3 Å². The van der Waals surface area contributed by atoms with Crippen LogP contribution in [0, 0.1) is 0 Å². The molecule has 2 aromatic carbocycles. The van der Waals surface area contributed by atoms with Gasteiger partial charge >= 0.3 is 5.97 Å². The Morgan fingerprint density at radius 1 is 1.08 bits per heavy atom. The average Bonchev–Trinajstić information content (AvgIpc) is 3.13. The third-order valence-electron chi connectivity index (χ3n) is 6.26. The van der Waals surface area contributed by atoms with Gasteiger partial charge in [0.2, 0.25) is 0 Å². The minimum atomic E-state index is -0.934. The molecule has 2 aromatic rings. The van der Waals surface area contributed by atoms with Gasteiger partial charge in [0.05, 0.1) is 36.4 Å². The number of hydrogen-bond donors (Lipinski definition) is 1. The fourth-order valence-corrected chi connectivity index (χ4v) is 4.59. The molecular formula is C27H31ClN2O7. The number of likely N-dealkylation sites (N-methyl/N-ethyl adjacent to an activating group) is 1. The van der Waals surface area contributed by atoms with Crippen molar-refractivity contribution < 1.29 is 33.7 Å². The van der Waals surface area contributed by atoms with E-state index >= 15 is 0 Å². The van der Waals surface area contributed by atoms with Crippen molar-refractivity contribution in [2.75, 3.05) is 40.4 Å². The molecule has 0 aromatic heterocycles. The number of likely N-dealkylation sites (tertiary alicyclic amines) is 1. The number of ether oxygens (including phenoxy) is 3. The molecule has 0 saturated carbocycles. The van der Waals surface area contributed by atoms with Gasteiger partial charge in [-0.15, -0.1) is 0 Å². The van der Waals surface area contributed by atoms with Crippen LogP contribution in [0.5, 0.6) is 17.2 Å². The van der Waals surface area contributed by atoms with Crippen LogP contribution in [0.1, 0.15) is 37.9 Å². The lowest BCUT2D eigenvalue weighted by Crippen LogP contribution is -2.38. The van der Waals surface area contributed by atoms with Gasteiger partial charge in [0.25, 0.3) is 11.7 Å². The number of Topliss-reactive ketones (excluding diaryl/α,β-unsaturated/α-hetero) is 1. The van der Waals surface area contributed by atoms with Crippen LogP contribution in [0.2, 0.25) is 5.02 Å². The summed E-state index contributed by atoms with van der Waals surface area (Å²) < 4.78 is 15.9. The third kappa shape index (κ3) is 5.89. The van der Waals surface area contributed by atoms with Crippen molar-refractivity contribution in [1.29, 1.82) is 0 Å². The quantitative estimate of drug-likeness (QED) is 0.161. The molecule has 1 aliphatic heterocycles. The van der Waals surface area contributed by atoms with Crippen LogP contribution >= 0.6 is 11.6 Å². The number of ketones is 1. The molecule has 1 heterocycles. The third-order valence-corrected chi connectivity index (χ3v) is 6.55. The number of methoxy groups -OCH3 is 2. The Morgan fingerprint density at radius 2 is 1.76 bits per heavy atom.